The molecule has 2 aromatic carbocycles. The number of sulfonamides is 1. The zero-order chi connectivity index (χ0) is 15.5. The van der Waals surface area contributed by atoms with Crippen molar-refractivity contribution in [2.24, 2.45) is 5.73 Å². The topological polar surface area (TPSA) is 101 Å². The minimum absolute atomic E-state index is 0.207. The van der Waals surface area contributed by atoms with Crippen LogP contribution in [0.4, 0.5) is 16.2 Å². The van der Waals surface area contributed by atoms with Gasteiger partial charge in [0.25, 0.3) is 10.0 Å². The van der Waals surface area contributed by atoms with Crippen LogP contribution in [0.1, 0.15) is 5.56 Å². The van der Waals surface area contributed by atoms with E-state index in [1.807, 2.05) is 0 Å². The summed E-state index contributed by atoms with van der Waals surface area (Å²) in [7, 11) is -3.68. The number of carbonyl (C=O) groups is 1. The molecule has 0 heterocycles. The molecule has 0 saturated carbocycles. The number of benzene rings is 2. The van der Waals surface area contributed by atoms with Gasteiger partial charge < -0.3 is 11.1 Å². The van der Waals surface area contributed by atoms with E-state index in [-0.39, 0.29) is 4.90 Å². The predicted octanol–water partition coefficient (Wildman–Crippen LogP) is 2.29. The molecule has 2 amide bonds. The Morgan fingerprint density at radius 1 is 1.05 bits per heavy atom. The molecule has 0 unspecified atom stereocenters. The van der Waals surface area contributed by atoms with Gasteiger partial charge in [-0.25, -0.2) is 13.2 Å². The Labute approximate surface area is 123 Å². The van der Waals surface area contributed by atoms with Crippen molar-refractivity contribution in [1.82, 2.24) is 0 Å². The molecule has 0 radical (unpaired) electrons. The van der Waals surface area contributed by atoms with Gasteiger partial charge in [-0.05, 0) is 36.8 Å². The van der Waals surface area contributed by atoms with Crippen LogP contribution in [0.15, 0.2) is 53.4 Å². The molecule has 110 valence electrons. The molecule has 21 heavy (non-hydrogen) atoms. The summed E-state index contributed by atoms with van der Waals surface area (Å²) < 4.78 is 27.1. The first-order valence-electron chi connectivity index (χ1n) is 6.13. The first-order valence-corrected chi connectivity index (χ1v) is 7.62. The lowest BCUT2D eigenvalue weighted by atomic mass is 10.2. The number of hydrogen-bond acceptors (Lipinski definition) is 3. The second-order valence-corrected chi connectivity index (χ2v) is 6.09. The maximum atomic E-state index is 12.3. The second kappa shape index (κ2) is 5.84. The Bertz CT molecular complexity index is 773. The Kier molecular flexibility index (Phi) is 4.13. The minimum atomic E-state index is -3.68. The molecule has 0 spiro atoms. The van der Waals surface area contributed by atoms with Gasteiger partial charge in [0.2, 0.25) is 0 Å². The van der Waals surface area contributed by atoms with Gasteiger partial charge >= 0.3 is 6.03 Å². The highest BCUT2D eigenvalue weighted by Gasteiger charge is 2.16. The third kappa shape index (κ3) is 3.73. The zero-order valence-corrected chi connectivity index (χ0v) is 12.1. The predicted molar refractivity (Wildman–Crippen MR) is 81.6 cm³/mol. The van der Waals surface area contributed by atoms with Crippen molar-refractivity contribution in [1.29, 1.82) is 0 Å². The van der Waals surface area contributed by atoms with Crippen molar-refractivity contribution >= 4 is 27.4 Å². The van der Waals surface area contributed by atoms with Crippen LogP contribution in [-0.2, 0) is 10.0 Å². The highest BCUT2D eigenvalue weighted by molar-refractivity contribution is 7.92. The number of nitrogens with two attached hydrogens (primary N) is 1. The minimum Gasteiger partial charge on any atom is -0.351 e. The Balaban J connectivity index is 2.29. The lowest BCUT2D eigenvalue weighted by Crippen LogP contribution is -2.19. The van der Waals surface area contributed by atoms with E-state index in [2.05, 4.69) is 10.0 Å². The third-order valence-electron chi connectivity index (χ3n) is 2.77. The van der Waals surface area contributed by atoms with Crippen LogP contribution in [0.2, 0.25) is 0 Å². The summed E-state index contributed by atoms with van der Waals surface area (Å²) in [6.45, 7) is 1.72. The summed E-state index contributed by atoms with van der Waals surface area (Å²) in [4.78, 5) is 11.0. The second-order valence-electron chi connectivity index (χ2n) is 4.44. The van der Waals surface area contributed by atoms with E-state index in [0.717, 1.165) is 0 Å². The van der Waals surface area contributed by atoms with Gasteiger partial charge in [0.1, 0.15) is 0 Å². The number of rotatable bonds is 4. The number of nitrogens with one attached hydrogen (secondary N) is 2. The zero-order valence-electron chi connectivity index (χ0n) is 11.3. The van der Waals surface area contributed by atoms with Crippen LogP contribution in [-0.4, -0.2) is 14.4 Å². The molecule has 0 saturated heterocycles. The first kappa shape index (κ1) is 14.9. The average Bonchev–Trinajstić information content (AvgIpc) is 2.38. The summed E-state index contributed by atoms with van der Waals surface area (Å²) in [6, 6.07) is 12.3. The summed E-state index contributed by atoms with van der Waals surface area (Å²) in [5.41, 5.74) is 6.42. The summed E-state index contributed by atoms with van der Waals surface area (Å²) >= 11 is 0. The van der Waals surface area contributed by atoms with Crippen molar-refractivity contribution in [3.63, 3.8) is 0 Å². The van der Waals surface area contributed by atoms with E-state index in [0.29, 0.717) is 16.9 Å². The van der Waals surface area contributed by atoms with Crippen LogP contribution >= 0.6 is 0 Å². The van der Waals surface area contributed by atoms with Gasteiger partial charge in [0.15, 0.2) is 0 Å². The SMILES string of the molecule is Cc1ccccc1S(=O)(=O)Nc1cccc(NC(N)=O)c1. The van der Waals surface area contributed by atoms with Crippen LogP contribution in [0.3, 0.4) is 0 Å². The standard InChI is InChI=1S/C14H15N3O3S/c1-10-5-2-3-8-13(10)21(19,20)17-12-7-4-6-11(9-12)16-14(15)18/h2-9,17H,1H3,(H3,15,16,18). The smallest absolute Gasteiger partial charge is 0.316 e. The normalized spacial score (nSPS) is 10.9. The molecule has 0 aliphatic heterocycles. The van der Waals surface area contributed by atoms with E-state index in [1.165, 1.54) is 12.1 Å². The van der Waals surface area contributed by atoms with Crippen LogP contribution in [0, 0.1) is 6.92 Å². The van der Waals surface area contributed by atoms with Crippen molar-refractivity contribution in [3.8, 4) is 0 Å². The molecule has 6 nitrogen and oxygen atoms in total. The van der Waals surface area contributed by atoms with E-state index in [1.54, 1.807) is 43.3 Å². The molecule has 0 bridgehead atoms. The molecule has 0 aromatic heterocycles. The highest BCUT2D eigenvalue weighted by atomic mass is 32.2. The summed E-state index contributed by atoms with van der Waals surface area (Å²) in [6.07, 6.45) is 0. The fourth-order valence-corrected chi connectivity index (χ4v) is 3.17. The van der Waals surface area contributed by atoms with E-state index >= 15 is 0 Å². The number of primary amides is 1. The molecule has 7 heteroatoms. The first-order chi connectivity index (χ1) is 9.88. The molecule has 0 aliphatic carbocycles. The van der Waals surface area contributed by atoms with Gasteiger partial charge in [0.05, 0.1) is 10.6 Å². The molecule has 2 aromatic rings. The van der Waals surface area contributed by atoms with Crippen molar-refractivity contribution in [2.75, 3.05) is 10.0 Å². The number of urea groups is 1. The van der Waals surface area contributed by atoms with Crippen molar-refractivity contribution in [3.05, 3.63) is 54.1 Å². The Morgan fingerprint density at radius 3 is 2.38 bits per heavy atom. The molecular formula is C14H15N3O3S. The van der Waals surface area contributed by atoms with Crippen LogP contribution < -0.4 is 15.8 Å². The summed E-state index contributed by atoms with van der Waals surface area (Å²) in [5.74, 6) is 0. The van der Waals surface area contributed by atoms with E-state index in [4.69, 9.17) is 5.73 Å². The molecule has 0 fully saturated rings. The Morgan fingerprint density at radius 2 is 1.71 bits per heavy atom. The quantitative estimate of drug-likeness (QED) is 0.807. The number of amides is 2. The lowest BCUT2D eigenvalue weighted by molar-refractivity contribution is 0.259. The van der Waals surface area contributed by atoms with Gasteiger partial charge in [-0.1, -0.05) is 24.3 Å². The van der Waals surface area contributed by atoms with Gasteiger partial charge in [0, 0.05) is 5.69 Å². The number of carbonyl (C=O) groups excluding carboxylic acids is 1. The third-order valence-corrected chi connectivity index (χ3v) is 4.31. The fourth-order valence-electron chi connectivity index (χ4n) is 1.87. The largest absolute Gasteiger partial charge is 0.351 e. The molecule has 0 aliphatic rings. The highest BCUT2D eigenvalue weighted by Crippen LogP contribution is 2.21. The van der Waals surface area contributed by atoms with E-state index < -0.39 is 16.1 Å². The maximum Gasteiger partial charge on any atom is 0.316 e. The van der Waals surface area contributed by atoms with Gasteiger partial charge in [-0.15, -0.1) is 0 Å². The monoisotopic (exact) mass is 305 g/mol. The number of anilines is 2. The number of hydrogen-bond donors (Lipinski definition) is 3. The van der Waals surface area contributed by atoms with Gasteiger partial charge in [-0.2, -0.15) is 0 Å². The molecule has 0 atom stereocenters. The Hall–Kier alpha value is -2.54. The molecule has 2 rings (SSSR count). The lowest BCUT2D eigenvalue weighted by Gasteiger charge is -2.11. The number of aryl methyl sites for hydroxylation is 1. The van der Waals surface area contributed by atoms with Crippen LogP contribution in [0.5, 0.6) is 0 Å². The van der Waals surface area contributed by atoms with Crippen LogP contribution in [0.25, 0.3) is 0 Å². The summed E-state index contributed by atoms with van der Waals surface area (Å²) in [5, 5.41) is 2.39. The average molecular weight is 305 g/mol. The van der Waals surface area contributed by atoms with Gasteiger partial charge in [-0.3, -0.25) is 4.72 Å². The van der Waals surface area contributed by atoms with E-state index in [9.17, 15) is 13.2 Å². The van der Waals surface area contributed by atoms with Crippen molar-refractivity contribution < 1.29 is 13.2 Å². The molecule has 4 N–H and O–H groups in total. The maximum absolute atomic E-state index is 12.3. The molecular weight excluding hydrogens is 290 g/mol. The van der Waals surface area contributed by atoms with Crippen molar-refractivity contribution in [2.45, 2.75) is 11.8 Å². The fraction of sp³-hybridized carbons (Fsp3) is 0.0714.